The van der Waals surface area contributed by atoms with Crippen LogP contribution >= 0.6 is 0 Å². The lowest BCUT2D eigenvalue weighted by molar-refractivity contribution is 0.520. The minimum Gasteiger partial charge on any atom is -0.197 e. The lowest BCUT2D eigenvalue weighted by Gasteiger charge is -2.26. The maximum Gasteiger partial charge on any atom is 0.140 e. The van der Waals surface area contributed by atoms with Gasteiger partial charge in [-0.1, -0.05) is 69.3 Å². The second-order valence-corrected chi connectivity index (χ2v) is 6.25. The predicted octanol–water partition coefficient (Wildman–Crippen LogP) is 5.36. The van der Waals surface area contributed by atoms with Crippen molar-refractivity contribution in [2.45, 2.75) is 45.4 Å². The topological polar surface area (TPSA) is 47.6 Å². The highest BCUT2D eigenvalue weighted by Crippen LogP contribution is 2.38. The molecule has 2 rings (SSSR count). The third-order valence-corrected chi connectivity index (χ3v) is 4.78. The summed E-state index contributed by atoms with van der Waals surface area (Å²) in [7, 11) is 0. The highest BCUT2D eigenvalue weighted by Gasteiger charge is 2.29. The lowest BCUT2D eigenvalue weighted by Crippen LogP contribution is -2.17. The van der Waals surface area contributed by atoms with Crippen LogP contribution in [0.3, 0.4) is 0 Å². The van der Waals surface area contributed by atoms with Crippen LogP contribution in [0.15, 0.2) is 48.5 Å². The van der Waals surface area contributed by atoms with E-state index in [1.165, 1.54) is 16.7 Å². The molecule has 122 valence electrons. The molecule has 0 saturated heterocycles. The number of aryl methyl sites for hydroxylation is 2. The van der Waals surface area contributed by atoms with Gasteiger partial charge in [-0.3, -0.25) is 0 Å². The van der Waals surface area contributed by atoms with Gasteiger partial charge >= 0.3 is 0 Å². The molecule has 0 N–H and O–H groups in total. The van der Waals surface area contributed by atoms with Crippen molar-refractivity contribution in [2.75, 3.05) is 0 Å². The minimum atomic E-state index is -0.655. The largest absolute Gasteiger partial charge is 0.197 e. The minimum absolute atomic E-state index is 0.105. The Hall–Kier alpha value is -2.58. The van der Waals surface area contributed by atoms with Gasteiger partial charge in [0.2, 0.25) is 0 Å². The summed E-state index contributed by atoms with van der Waals surface area (Å²) in [6, 6.07) is 21.1. The normalized spacial score (nSPS) is 13.1. The summed E-state index contributed by atoms with van der Waals surface area (Å²) in [5.41, 5.74) is 4.90. The fourth-order valence-corrected chi connectivity index (χ4v) is 3.30. The van der Waals surface area contributed by atoms with Crippen LogP contribution in [-0.2, 0) is 12.8 Å². The number of benzene rings is 2. The molecule has 2 aromatic carbocycles. The van der Waals surface area contributed by atoms with Crippen molar-refractivity contribution >= 4 is 0 Å². The summed E-state index contributed by atoms with van der Waals surface area (Å²) in [6.45, 7) is 6.45. The van der Waals surface area contributed by atoms with Gasteiger partial charge in [-0.05, 0) is 41.0 Å². The van der Waals surface area contributed by atoms with E-state index in [1.54, 1.807) is 0 Å². The first-order valence-corrected chi connectivity index (χ1v) is 8.61. The highest BCUT2D eigenvalue weighted by molar-refractivity contribution is 5.37. The number of rotatable bonds is 6. The number of hydrogen-bond donors (Lipinski definition) is 0. The summed E-state index contributed by atoms with van der Waals surface area (Å²) in [5, 5.41) is 19.0. The Kier molecular flexibility index (Phi) is 6.16. The fraction of sp³-hybridized carbons (Fsp3) is 0.364. The molecule has 2 unspecified atom stereocenters. The van der Waals surface area contributed by atoms with Crippen molar-refractivity contribution in [2.24, 2.45) is 5.92 Å². The van der Waals surface area contributed by atoms with E-state index in [0.29, 0.717) is 0 Å². The van der Waals surface area contributed by atoms with E-state index in [4.69, 9.17) is 0 Å². The van der Waals surface area contributed by atoms with Gasteiger partial charge < -0.3 is 0 Å². The van der Waals surface area contributed by atoms with Crippen molar-refractivity contribution in [3.8, 4) is 12.1 Å². The Morgan fingerprint density at radius 2 is 1.38 bits per heavy atom. The summed E-state index contributed by atoms with van der Waals surface area (Å²) in [4.78, 5) is 0. The summed E-state index contributed by atoms with van der Waals surface area (Å²) < 4.78 is 0. The summed E-state index contributed by atoms with van der Waals surface area (Å²) in [5.74, 6) is -0.677. The standard InChI is InChI=1S/C22H24N2/c1-4-17-11-18(5-2)13-20(12-17)16(3)22(21(14-23)15-24)19-9-7-6-8-10-19/h6-13,16,21-22H,4-5H2,1-3H3. The van der Waals surface area contributed by atoms with Gasteiger partial charge in [-0.15, -0.1) is 0 Å². The number of hydrogen-bond acceptors (Lipinski definition) is 2. The van der Waals surface area contributed by atoms with Crippen LogP contribution in [0, 0.1) is 28.6 Å². The van der Waals surface area contributed by atoms with Crippen LogP contribution in [0.1, 0.15) is 54.9 Å². The first-order valence-electron chi connectivity index (χ1n) is 8.61. The van der Waals surface area contributed by atoms with Crippen molar-refractivity contribution in [3.63, 3.8) is 0 Å². The van der Waals surface area contributed by atoms with E-state index in [1.807, 2.05) is 30.3 Å². The first kappa shape index (κ1) is 17.8. The van der Waals surface area contributed by atoms with E-state index in [-0.39, 0.29) is 11.8 Å². The van der Waals surface area contributed by atoms with Crippen LogP contribution < -0.4 is 0 Å². The van der Waals surface area contributed by atoms with Crippen LogP contribution in [0.5, 0.6) is 0 Å². The van der Waals surface area contributed by atoms with E-state index >= 15 is 0 Å². The molecule has 2 atom stereocenters. The van der Waals surface area contributed by atoms with Crippen molar-refractivity contribution in [3.05, 3.63) is 70.8 Å². The van der Waals surface area contributed by atoms with E-state index < -0.39 is 5.92 Å². The Balaban J connectivity index is 2.51. The van der Waals surface area contributed by atoms with Gasteiger partial charge in [0.25, 0.3) is 0 Å². The van der Waals surface area contributed by atoms with Crippen LogP contribution in [0.2, 0.25) is 0 Å². The molecule has 0 aliphatic carbocycles. The molecule has 0 aliphatic rings. The molecular weight excluding hydrogens is 292 g/mol. The van der Waals surface area contributed by atoms with Gasteiger partial charge in [0.15, 0.2) is 0 Å². The van der Waals surface area contributed by atoms with Crippen molar-refractivity contribution < 1.29 is 0 Å². The Labute approximate surface area is 145 Å². The molecule has 2 aromatic rings. The number of nitriles is 2. The van der Waals surface area contributed by atoms with E-state index in [9.17, 15) is 10.5 Å². The maximum atomic E-state index is 9.48. The molecule has 0 aromatic heterocycles. The summed E-state index contributed by atoms with van der Waals surface area (Å²) >= 11 is 0. The zero-order valence-corrected chi connectivity index (χ0v) is 14.7. The Morgan fingerprint density at radius 1 is 0.833 bits per heavy atom. The predicted molar refractivity (Wildman–Crippen MR) is 97.5 cm³/mol. The smallest absolute Gasteiger partial charge is 0.140 e. The van der Waals surface area contributed by atoms with Crippen LogP contribution in [-0.4, -0.2) is 0 Å². The molecule has 0 fully saturated rings. The third kappa shape index (κ3) is 3.84. The quantitative estimate of drug-likeness (QED) is 0.720. The Bertz CT molecular complexity index is 714. The molecule has 0 heterocycles. The highest BCUT2D eigenvalue weighted by atomic mass is 14.4. The number of nitrogens with zero attached hydrogens (tertiary/aromatic N) is 2. The van der Waals surface area contributed by atoms with Gasteiger partial charge in [0.1, 0.15) is 5.92 Å². The molecule has 0 amide bonds. The lowest BCUT2D eigenvalue weighted by atomic mass is 9.75. The molecule has 0 bridgehead atoms. The molecule has 2 heteroatoms. The monoisotopic (exact) mass is 316 g/mol. The van der Waals surface area contributed by atoms with Gasteiger partial charge in [-0.25, -0.2) is 0 Å². The molecule has 0 saturated carbocycles. The summed E-state index contributed by atoms with van der Waals surface area (Å²) in [6.07, 6.45) is 1.98. The van der Waals surface area contributed by atoms with Gasteiger partial charge in [-0.2, -0.15) is 10.5 Å². The first-order chi connectivity index (χ1) is 11.6. The average Bonchev–Trinajstić information content (AvgIpc) is 2.65. The average molecular weight is 316 g/mol. The van der Waals surface area contributed by atoms with Gasteiger partial charge in [0, 0.05) is 5.92 Å². The fourth-order valence-electron chi connectivity index (χ4n) is 3.30. The molecule has 0 radical (unpaired) electrons. The second-order valence-electron chi connectivity index (χ2n) is 6.25. The van der Waals surface area contributed by atoms with Crippen LogP contribution in [0.4, 0.5) is 0 Å². The Morgan fingerprint density at radius 3 is 1.83 bits per heavy atom. The van der Waals surface area contributed by atoms with Gasteiger partial charge in [0.05, 0.1) is 12.1 Å². The van der Waals surface area contributed by atoms with E-state index in [0.717, 1.165) is 18.4 Å². The van der Waals surface area contributed by atoms with Crippen LogP contribution in [0.25, 0.3) is 0 Å². The second kappa shape index (κ2) is 8.32. The van der Waals surface area contributed by atoms with Crippen molar-refractivity contribution in [1.82, 2.24) is 0 Å². The molecule has 24 heavy (non-hydrogen) atoms. The zero-order chi connectivity index (χ0) is 17.5. The molecule has 0 spiro atoms. The van der Waals surface area contributed by atoms with Crippen molar-refractivity contribution in [1.29, 1.82) is 10.5 Å². The molecule has 0 aliphatic heterocycles. The third-order valence-electron chi connectivity index (χ3n) is 4.78. The molecule has 2 nitrogen and oxygen atoms in total. The molecular formula is C22H24N2. The SMILES string of the molecule is CCc1cc(CC)cc(C(C)C(c2ccccc2)C(C#N)C#N)c1. The zero-order valence-electron chi connectivity index (χ0n) is 14.7. The maximum absolute atomic E-state index is 9.48. The van der Waals surface area contributed by atoms with E-state index in [2.05, 4.69) is 51.1 Å².